The molecule has 6 nitrogen and oxygen atoms in total. The van der Waals surface area contributed by atoms with E-state index in [1.54, 1.807) is 11.1 Å². The van der Waals surface area contributed by atoms with Gasteiger partial charge < -0.3 is 19.9 Å². The second-order valence-electron chi connectivity index (χ2n) is 4.29. The van der Waals surface area contributed by atoms with Gasteiger partial charge in [0.25, 0.3) is 0 Å². The fourth-order valence-corrected chi connectivity index (χ4v) is 2.13. The molecule has 0 spiro atoms. The van der Waals surface area contributed by atoms with Gasteiger partial charge >= 0.3 is 5.97 Å². The highest BCUT2D eigenvalue weighted by Gasteiger charge is 2.33. The van der Waals surface area contributed by atoms with Crippen molar-refractivity contribution in [3.63, 3.8) is 0 Å². The van der Waals surface area contributed by atoms with Crippen molar-refractivity contribution in [1.82, 2.24) is 4.98 Å². The van der Waals surface area contributed by atoms with Crippen LogP contribution in [0.3, 0.4) is 0 Å². The Hall–Kier alpha value is -1.98. The summed E-state index contributed by atoms with van der Waals surface area (Å²) in [6.07, 6.45) is 1.57. The first-order valence-corrected chi connectivity index (χ1v) is 5.39. The Morgan fingerprint density at radius 2 is 2.18 bits per heavy atom. The third-order valence-corrected chi connectivity index (χ3v) is 3.18. The maximum atomic E-state index is 11.5. The third-order valence-electron chi connectivity index (χ3n) is 3.18. The van der Waals surface area contributed by atoms with E-state index in [2.05, 4.69) is 4.98 Å². The van der Waals surface area contributed by atoms with Crippen LogP contribution in [0, 0.1) is 0 Å². The van der Waals surface area contributed by atoms with E-state index < -0.39 is 5.97 Å². The SMILES string of the molecule is CC(=O)N1CC(C)N(C)c2c1c[nH]c2C(=O)O. The summed E-state index contributed by atoms with van der Waals surface area (Å²) in [4.78, 5) is 28.8. The number of likely N-dealkylation sites (N-methyl/N-ethyl adjacent to an activating group) is 1. The molecule has 1 unspecified atom stereocenters. The standard InChI is InChI=1S/C11H15N3O3/c1-6-5-14(7(2)15)8-4-12-9(11(16)17)10(8)13(6)3/h4,6,12H,5H2,1-3H3,(H,16,17). The van der Waals surface area contributed by atoms with Gasteiger partial charge in [0.15, 0.2) is 5.69 Å². The van der Waals surface area contributed by atoms with Crippen LogP contribution in [0.5, 0.6) is 0 Å². The molecule has 0 bridgehead atoms. The second-order valence-corrected chi connectivity index (χ2v) is 4.29. The maximum absolute atomic E-state index is 11.5. The third kappa shape index (κ3) is 1.65. The van der Waals surface area contributed by atoms with Crippen LogP contribution in [-0.4, -0.2) is 41.6 Å². The molecule has 0 aromatic carbocycles. The number of hydrogen-bond acceptors (Lipinski definition) is 3. The molecule has 92 valence electrons. The number of carbonyl (C=O) groups is 2. The molecule has 2 rings (SSSR count). The van der Waals surface area contributed by atoms with Crippen LogP contribution < -0.4 is 9.80 Å². The van der Waals surface area contributed by atoms with Crippen molar-refractivity contribution in [2.45, 2.75) is 19.9 Å². The number of aromatic amines is 1. The smallest absolute Gasteiger partial charge is 0.354 e. The Bertz CT molecular complexity index is 480. The summed E-state index contributed by atoms with van der Waals surface area (Å²) < 4.78 is 0. The van der Waals surface area contributed by atoms with Gasteiger partial charge in [-0.2, -0.15) is 0 Å². The number of carboxylic acid groups (broad SMARTS) is 1. The highest BCUT2D eigenvalue weighted by molar-refractivity contribution is 6.03. The average Bonchev–Trinajstić information content (AvgIpc) is 2.67. The molecule has 6 heteroatoms. The van der Waals surface area contributed by atoms with Crippen LogP contribution >= 0.6 is 0 Å². The second kappa shape index (κ2) is 3.80. The van der Waals surface area contributed by atoms with Crippen molar-refractivity contribution in [3.05, 3.63) is 11.9 Å². The van der Waals surface area contributed by atoms with Gasteiger partial charge in [-0.3, -0.25) is 4.79 Å². The number of hydrogen-bond donors (Lipinski definition) is 2. The van der Waals surface area contributed by atoms with Crippen molar-refractivity contribution in [3.8, 4) is 0 Å². The number of nitrogens with one attached hydrogen (secondary N) is 1. The molecule has 1 aromatic heterocycles. The van der Waals surface area contributed by atoms with E-state index in [0.717, 1.165) is 0 Å². The van der Waals surface area contributed by atoms with Gasteiger partial charge in [-0.05, 0) is 6.92 Å². The van der Waals surface area contributed by atoms with Crippen LogP contribution in [-0.2, 0) is 4.79 Å². The van der Waals surface area contributed by atoms with Gasteiger partial charge in [0.2, 0.25) is 5.91 Å². The number of amides is 1. The zero-order valence-corrected chi connectivity index (χ0v) is 10.0. The fourth-order valence-electron chi connectivity index (χ4n) is 2.13. The molecule has 1 atom stereocenters. The number of anilines is 2. The summed E-state index contributed by atoms with van der Waals surface area (Å²) >= 11 is 0. The Morgan fingerprint density at radius 3 is 2.71 bits per heavy atom. The normalized spacial score (nSPS) is 19.1. The van der Waals surface area contributed by atoms with Crippen molar-refractivity contribution in [1.29, 1.82) is 0 Å². The van der Waals surface area contributed by atoms with E-state index in [1.807, 2.05) is 18.9 Å². The van der Waals surface area contributed by atoms with E-state index >= 15 is 0 Å². The summed E-state index contributed by atoms with van der Waals surface area (Å²) in [7, 11) is 1.83. The van der Waals surface area contributed by atoms with E-state index in [4.69, 9.17) is 5.11 Å². The Balaban J connectivity index is 2.57. The molecule has 0 radical (unpaired) electrons. The summed E-state index contributed by atoms with van der Waals surface area (Å²) in [6, 6.07) is 0.0836. The van der Waals surface area contributed by atoms with Crippen LogP contribution in [0.1, 0.15) is 24.3 Å². The molecule has 0 fully saturated rings. The van der Waals surface area contributed by atoms with Crippen LogP contribution in [0.15, 0.2) is 6.20 Å². The maximum Gasteiger partial charge on any atom is 0.354 e. The predicted octanol–water partition coefficient (Wildman–Crippen LogP) is 0.904. The molecule has 0 aliphatic carbocycles. The van der Waals surface area contributed by atoms with Crippen LogP contribution in [0.25, 0.3) is 0 Å². The Kier molecular flexibility index (Phi) is 2.57. The van der Waals surface area contributed by atoms with E-state index in [1.165, 1.54) is 6.92 Å². The highest BCUT2D eigenvalue weighted by Crippen LogP contribution is 2.37. The zero-order chi connectivity index (χ0) is 12.7. The fraction of sp³-hybridized carbons (Fsp3) is 0.455. The lowest BCUT2D eigenvalue weighted by Crippen LogP contribution is -2.47. The molecule has 17 heavy (non-hydrogen) atoms. The number of rotatable bonds is 1. The molecule has 1 aromatic rings. The van der Waals surface area contributed by atoms with Crippen LogP contribution in [0.2, 0.25) is 0 Å². The van der Waals surface area contributed by atoms with E-state index in [9.17, 15) is 9.59 Å². The minimum absolute atomic E-state index is 0.0814. The summed E-state index contributed by atoms with van der Waals surface area (Å²) in [5, 5.41) is 9.10. The molecule has 0 saturated carbocycles. The monoisotopic (exact) mass is 237 g/mol. The Morgan fingerprint density at radius 1 is 1.53 bits per heavy atom. The van der Waals surface area contributed by atoms with E-state index in [-0.39, 0.29) is 17.6 Å². The molecule has 2 N–H and O–H groups in total. The van der Waals surface area contributed by atoms with Crippen molar-refractivity contribution < 1.29 is 14.7 Å². The molecule has 1 amide bonds. The minimum atomic E-state index is -1.02. The highest BCUT2D eigenvalue weighted by atomic mass is 16.4. The topological polar surface area (TPSA) is 76.6 Å². The van der Waals surface area contributed by atoms with Crippen molar-refractivity contribution >= 4 is 23.3 Å². The lowest BCUT2D eigenvalue weighted by Gasteiger charge is -2.38. The number of fused-ring (bicyclic) bond motifs is 1. The number of nitrogens with zero attached hydrogens (tertiary/aromatic N) is 2. The zero-order valence-electron chi connectivity index (χ0n) is 10.0. The largest absolute Gasteiger partial charge is 0.477 e. The van der Waals surface area contributed by atoms with Crippen molar-refractivity contribution in [2.24, 2.45) is 0 Å². The van der Waals surface area contributed by atoms with Gasteiger partial charge in [-0.15, -0.1) is 0 Å². The molecular formula is C11H15N3O3. The summed E-state index contributed by atoms with van der Waals surface area (Å²) in [5.74, 6) is -1.10. The van der Waals surface area contributed by atoms with Gasteiger partial charge in [0.05, 0.1) is 11.4 Å². The van der Waals surface area contributed by atoms with E-state index in [0.29, 0.717) is 17.9 Å². The number of carboxylic acids is 1. The first-order chi connectivity index (χ1) is 7.93. The van der Waals surface area contributed by atoms with Gasteiger partial charge in [0.1, 0.15) is 0 Å². The molecular weight excluding hydrogens is 222 g/mol. The number of carbonyl (C=O) groups excluding carboxylic acids is 1. The number of aromatic nitrogens is 1. The molecule has 0 saturated heterocycles. The lowest BCUT2D eigenvalue weighted by atomic mass is 10.1. The van der Waals surface area contributed by atoms with Gasteiger partial charge in [0, 0.05) is 32.8 Å². The number of aromatic carboxylic acids is 1. The van der Waals surface area contributed by atoms with Gasteiger partial charge in [-0.25, -0.2) is 4.79 Å². The molecule has 1 aliphatic heterocycles. The first kappa shape index (κ1) is 11.5. The Labute approximate surface area is 98.8 Å². The lowest BCUT2D eigenvalue weighted by molar-refractivity contribution is -0.116. The quantitative estimate of drug-likeness (QED) is 0.761. The number of H-pyrrole nitrogens is 1. The summed E-state index contributed by atoms with van der Waals surface area (Å²) in [6.45, 7) is 4.00. The van der Waals surface area contributed by atoms with Crippen LogP contribution in [0.4, 0.5) is 11.4 Å². The summed E-state index contributed by atoms with van der Waals surface area (Å²) in [5.41, 5.74) is 1.34. The minimum Gasteiger partial charge on any atom is -0.477 e. The van der Waals surface area contributed by atoms with Gasteiger partial charge in [-0.1, -0.05) is 0 Å². The molecule has 1 aliphatic rings. The predicted molar refractivity (Wildman–Crippen MR) is 63.6 cm³/mol. The average molecular weight is 237 g/mol. The first-order valence-electron chi connectivity index (χ1n) is 5.39. The van der Waals surface area contributed by atoms with Crippen molar-refractivity contribution in [2.75, 3.05) is 23.4 Å². The molecule has 2 heterocycles.